The summed E-state index contributed by atoms with van der Waals surface area (Å²) >= 11 is 0. The molecule has 0 aromatic rings. The maximum Gasteiger partial charge on any atom is 0.308 e. The first-order valence-corrected chi connectivity index (χ1v) is 8.73. The van der Waals surface area contributed by atoms with E-state index in [-0.39, 0.29) is 13.0 Å². The Morgan fingerprint density at radius 3 is 1.82 bits per heavy atom. The van der Waals surface area contributed by atoms with Gasteiger partial charge in [0.1, 0.15) is 0 Å². The zero-order chi connectivity index (χ0) is 16.6. The van der Waals surface area contributed by atoms with Crippen molar-refractivity contribution in [2.75, 3.05) is 13.1 Å². The smallest absolute Gasteiger partial charge is 0.308 e. The van der Waals surface area contributed by atoms with Gasteiger partial charge in [-0.1, -0.05) is 64.7 Å². The SMILES string of the molecule is CCCCCCCCCCCCNCC(CC(=O)O)C(=O)O. The third-order valence-corrected chi connectivity index (χ3v) is 3.87. The Balaban J connectivity index is 3.35. The van der Waals surface area contributed by atoms with Crippen LogP contribution in [0.15, 0.2) is 0 Å². The molecule has 5 heteroatoms. The van der Waals surface area contributed by atoms with Crippen LogP contribution in [0.1, 0.15) is 77.6 Å². The van der Waals surface area contributed by atoms with Gasteiger partial charge in [0.2, 0.25) is 0 Å². The van der Waals surface area contributed by atoms with Crippen LogP contribution in [-0.2, 0) is 9.59 Å². The molecule has 130 valence electrons. The Morgan fingerprint density at radius 2 is 1.36 bits per heavy atom. The van der Waals surface area contributed by atoms with E-state index in [0.717, 1.165) is 19.4 Å². The maximum absolute atomic E-state index is 10.9. The first-order chi connectivity index (χ1) is 10.6. The number of carboxylic acids is 2. The molecular formula is C17H33NO4. The molecular weight excluding hydrogens is 282 g/mol. The first-order valence-electron chi connectivity index (χ1n) is 8.73. The van der Waals surface area contributed by atoms with Gasteiger partial charge in [-0.2, -0.15) is 0 Å². The number of aliphatic carboxylic acids is 2. The fraction of sp³-hybridized carbons (Fsp3) is 0.882. The lowest BCUT2D eigenvalue weighted by atomic mass is 10.1. The summed E-state index contributed by atoms with van der Waals surface area (Å²) in [6.07, 6.45) is 12.4. The molecule has 0 saturated carbocycles. The fourth-order valence-electron chi connectivity index (χ4n) is 2.47. The highest BCUT2D eigenvalue weighted by molar-refractivity contribution is 5.77. The minimum atomic E-state index is -1.06. The van der Waals surface area contributed by atoms with Crippen molar-refractivity contribution in [3.8, 4) is 0 Å². The minimum Gasteiger partial charge on any atom is -0.481 e. The van der Waals surface area contributed by atoms with Gasteiger partial charge in [-0.3, -0.25) is 9.59 Å². The molecule has 22 heavy (non-hydrogen) atoms. The molecule has 0 saturated heterocycles. The number of unbranched alkanes of at least 4 members (excludes halogenated alkanes) is 9. The Kier molecular flexibility index (Phi) is 14.1. The summed E-state index contributed by atoms with van der Waals surface area (Å²) in [7, 11) is 0. The van der Waals surface area contributed by atoms with Gasteiger partial charge in [0.05, 0.1) is 12.3 Å². The molecule has 0 aromatic heterocycles. The van der Waals surface area contributed by atoms with E-state index in [2.05, 4.69) is 12.2 Å². The summed E-state index contributed by atoms with van der Waals surface area (Å²) in [6.45, 7) is 3.23. The third kappa shape index (κ3) is 13.9. The molecule has 1 atom stereocenters. The van der Waals surface area contributed by atoms with Crippen molar-refractivity contribution < 1.29 is 19.8 Å². The van der Waals surface area contributed by atoms with E-state index in [4.69, 9.17) is 10.2 Å². The van der Waals surface area contributed by atoms with Crippen molar-refractivity contribution in [2.24, 2.45) is 5.92 Å². The Morgan fingerprint density at radius 1 is 0.864 bits per heavy atom. The number of rotatable bonds is 16. The van der Waals surface area contributed by atoms with Crippen molar-refractivity contribution in [3.05, 3.63) is 0 Å². The van der Waals surface area contributed by atoms with Crippen LogP contribution < -0.4 is 5.32 Å². The summed E-state index contributed by atoms with van der Waals surface area (Å²) in [5.74, 6) is -2.94. The summed E-state index contributed by atoms with van der Waals surface area (Å²) in [6, 6.07) is 0. The molecule has 0 fully saturated rings. The van der Waals surface area contributed by atoms with Crippen LogP contribution in [-0.4, -0.2) is 35.2 Å². The van der Waals surface area contributed by atoms with Crippen molar-refractivity contribution in [3.63, 3.8) is 0 Å². The first kappa shape index (κ1) is 20.9. The van der Waals surface area contributed by atoms with Gasteiger partial charge in [0, 0.05) is 6.54 Å². The van der Waals surface area contributed by atoms with E-state index < -0.39 is 17.9 Å². The molecule has 0 rings (SSSR count). The molecule has 0 spiro atoms. The number of hydrogen-bond donors (Lipinski definition) is 3. The molecule has 0 aliphatic rings. The van der Waals surface area contributed by atoms with Crippen LogP contribution in [0.2, 0.25) is 0 Å². The number of nitrogens with one attached hydrogen (secondary N) is 1. The predicted molar refractivity (Wildman–Crippen MR) is 88.1 cm³/mol. The van der Waals surface area contributed by atoms with Crippen LogP contribution in [0.25, 0.3) is 0 Å². The van der Waals surface area contributed by atoms with Gasteiger partial charge >= 0.3 is 11.9 Å². The minimum absolute atomic E-state index is 0.235. The summed E-state index contributed by atoms with van der Waals surface area (Å²) in [5, 5.41) is 20.6. The van der Waals surface area contributed by atoms with Crippen molar-refractivity contribution in [1.29, 1.82) is 0 Å². The molecule has 0 heterocycles. The molecule has 5 nitrogen and oxygen atoms in total. The predicted octanol–water partition coefficient (Wildman–Crippen LogP) is 3.67. The van der Waals surface area contributed by atoms with Crippen LogP contribution in [0, 0.1) is 5.92 Å². The summed E-state index contributed by atoms with van der Waals surface area (Å²) < 4.78 is 0. The highest BCUT2D eigenvalue weighted by atomic mass is 16.4. The van der Waals surface area contributed by atoms with E-state index in [1.165, 1.54) is 51.4 Å². The zero-order valence-electron chi connectivity index (χ0n) is 14.0. The van der Waals surface area contributed by atoms with Gasteiger partial charge in [-0.05, 0) is 13.0 Å². The van der Waals surface area contributed by atoms with E-state index >= 15 is 0 Å². The molecule has 3 N–H and O–H groups in total. The highest BCUT2D eigenvalue weighted by Gasteiger charge is 2.20. The largest absolute Gasteiger partial charge is 0.481 e. The van der Waals surface area contributed by atoms with E-state index in [1.807, 2.05) is 0 Å². The molecule has 1 unspecified atom stereocenters. The van der Waals surface area contributed by atoms with Crippen LogP contribution >= 0.6 is 0 Å². The fourth-order valence-corrected chi connectivity index (χ4v) is 2.47. The van der Waals surface area contributed by atoms with Gasteiger partial charge in [-0.15, -0.1) is 0 Å². The molecule has 0 aliphatic heterocycles. The van der Waals surface area contributed by atoms with Gasteiger partial charge < -0.3 is 15.5 Å². The van der Waals surface area contributed by atoms with E-state index in [9.17, 15) is 9.59 Å². The highest BCUT2D eigenvalue weighted by Crippen LogP contribution is 2.10. The average Bonchev–Trinajstić information content (AvgIpc) is 2.46. The topological polar surface area (TPSA) is 86.6 Å². The molecule has 0 aliphatic carbocycles. The monoisotopic (exact) mass is 315 g/mol. The van der Waals surface area contributed by atoms with Gasteiger partial charge in [0.25, 0.3) is 0 Å². The molecule has 0 amide bonds. The molecule has 0 bridgehead atoms. The lowest BCUT2D eigenvalue weighted by molar-refractivity contribution is -0.148. The van der Waals surface area contributed by atoms with Crippen LogP contribution in [0.3, 0.4) is 0 Å². The van der Waals surface area contributed by atoms with Crippen molar-refractivity contribution in [1.82, 2.24) is 5.32 Å². The second kappa shape index (κ2) is 14.8. The van der Waals surface area contributed by atoms with Crippen molar-refractivity contribution in [2.45, 2.75) is 77.6 Å². The standard InChI is InChI=1S/C17H33NO4/c1-2-3-4-5-6-7-8-9-10-11-12-18-14-15(17(21)22)13-16(19)20/h15,18H,2-14H2,1H3,(H,19,20)(H,21,22). The lowest BCUT2D eigenvalue weighted by Gasteiger charge is -2.11. The third-order valence-electron chi connectivity index (χ3n) is 3.87. The maximum atomic E-state index is 10.9. The second-order valence-corrected chi connectivity index (χ2v) is 6.02. The number of carboxylic acid groups (broad SMARTS) is 2. The second-order valence-electron chi connectivity index (χ2n) is 6.02. The Labute approximate surface area is 134 Å². The number of carbonyl (C=O) groups is 2. The quantitative estimate of drug-likeness (QED) is 0.378. The average molecular weight is 315 g/mol. The summed E-state index contributed by atoms with van der Waals surface area (Å²) in [5.41, 5.74) is 0. The van der Waals surface area contributed by atoms with E-state index in [1.54, 1.807) is 0 Å². The molecule has 0 radical (unpaired) electrons. The van der Waals surface area contributed by atoms with E-state index in [0.29, 0.717) is 0 Å². The lowest BCUT2D eigenvalue weighted by Crippen LogP contribution is -2.30. The van der Waals surface area contributed by atoms with Gasteiger partial charge in [-0.25, -0.2) is 0 Å². The normalized spacial score (nSPS) is 12.2. The Hall–Kier alpha value is -1.10. The Bertz CT molecular complexity index is 294. The van der Waals surface area contributed by atoms with Gasteiger partial charge in [0.15, 0.2) is 0 Å². The van der Waals surface area contributed by atoms with Crippen molar-refractivity contribution >= 4 is 11.9 Å². The van der Waals surface area contributed by atoms with Crippen LogP contribution in [0.4, 0.5) is 0 Å². The zero-order valence-corrected chi connectivity index (χ0v) is 14.0. The van der Waals surface area contributed by atoms with Crippen LogP contribution in [0.5, 0.6) is 0 Å². The summed E-state index contributed by atoms with van der Waals surface area (Å²) in [4.78, 5) is 21.4. The number of hydrogen-bond acceptors (Lipinski definition) is 3. The molecule has 0 aromatic carbocycles.